The van der Waals surface area contributed by atoms with E-state index in [1.807, 2.05) is 0 Å². The van der Waals surface area contributed by atoms with Gasteiger partial charge in [-0.25, -0.2) is 9.78 Å². The number of benzene rings is 2. The van der Waals surface area contributed by atoms with Crippen molar-refractivity contribution in [1.29, 1.82) is 0 Å². The maximum Gasteiger partial charge on any atom is 0.573 e. The summed E-state index contributed by atoms with van der Waals surface area (Å²) in [5.74, 6) is -0.626. The molecule has 0 aliphatic heterocycles. The summed E-state index contributed by atoms with van der Waals surface area (Å²) in [7, 11) is 1.47. The zero-order chi connectivity index (χ0) is 25.5. The number of nitrogens with zero attached hydrogens (tertiary/aromatic N) is 3. The van der Waals surface area contributed by atoms with Crippen molar-refractivity contribution in [3.63, 3.8) is 0 Å². The van der Waals surface area contributed by atoms with E-state index in [0.29, 0.717) is 5.02 Å². The molecule has 2 aromatic heterocycles. The average molecular weight is 511 g/mol. The highest BCUT2D eigenvalue weighted by Gasteiger charge is 2.33. The van der Waals surface area contributed by atoms with Crippen LogP contribution in [0.1, 0.15) is 6.92 Å². The number of hydrogen-bond donors (Lipinski definition) is 2. The SMILES string of the molecule is CC(O)Cn1c(=O)[nH]c(=O)c2c1nc(-c1ccc(Oc3cccc(Cl)c3)c(OC(F)(F)F)c1)n2C. The van der Waals surface area contributed by atoms with Gasteiger partial charge in [0.25, 0.3) is 5.56 Å². The summed E-state index contributed by atoms with van der Waals surface area (Å²) in [4.78, 5) is 31.2. The predicted molar refractivity (Wildman–Crippen MR) is 121 cm³/mol. The molecule has 9 nitrogen and oxygen atoms in total. The van der Waals surface area contributed by atoms with Crippen molar-refractivity contribution in [3.05, 3.63) is 68.3 Å². The topological polar surface area (TPSA) is 111 Å². The Bertz CT molecular complexity index is 1520. The van der Waals surface area contributed by atoms with Crippen LogP contribution in [-0.4, -0.2) is 36.7 Å². The van der Waals surface area contributed by atoms with Gasteiger partial charge in [-0.2, -0.15) is 0 Å². The number of nitrogens with one attached hydrogen (secondary N) is 1. The van der Waals surface area contributed by atoms with Gasteiger partial charge in [-0.15, -0.1) is 13.2 Å². The molecule has 0 aliphatic carbocycles. The van der Waals surface area contributed by atoms with Crippen LogP contribution < -0.4 is 20.7 Å². The van der Waals surface area contributed by atoms with Gasteiger partial charge in [-0.3, -0.25) is 14.3 Å². The molecular formula is C22H18ClF3N4O5. The van der Waals surface area contributed by atoms with E-state index in [-0.39, 0.29) is 40.6 Å². The van der Waals surface area contributed by atoms with E-state index in [0.717, 1.165) is 10.6 Å². The summed E-state index contributed by atoms with van der Waals surface area (Å²) in [6.07, 6.45) is -5.95. The number of aliphatic hydroxyl groups excluding tert-OH is 1. The van der Waals surface area contributed by atoms with Crippen molar-refractivity contribution in [2.75, 3.05) is 0 Å². The molecule has 13 heteroatoms. The number of hydrogen-bond acceptors (Lipinski definition) is 6. The first-order valence-electron chi connectivity index (χ1n) is 10.1. The lowest BCUT2D eigenvalue weighted by molar-refractivity contribution is -0.275. The van der Waals surface area contributed by atoms with Crippen LogP contribution in [0.15, 0.2) is 52.1 Å². The van der Waals surface area contributed by atoms with Gasteiger partial charge in [0.2, 0.25) is 0 Å². The van der Waals surface area contributed by atoms with Crippen molar-refractivity contribution >= 4 is 22.8 Å². The first kappa shape index (κ1) is 24.4. The molecule has 0 aliphatic rings. The molecular weight excluding hydrogens is 493 g/mol. The maximum absolute atomic E-state index is 13.1. The van der Waals surface area contributed by atoms with E-state index in [1.165, 1.54) is 42.8 Å². The number of aliphatic hydroxyl groups is 1. The van der Waals surface area contributed by atoms with Crippen LogP contribution in [-0.2, 0) is 13.6 Å². The molecule has 0 amide bonds. The van der Waals surface area contributed by atoms with Crippen LogP contribution in [0.4, 0.5) is 13.2 Å². The molecule has 0 fully saturated rings. The molecule has 4 rings (SSSR count). The molecule has 0 saturated carbocycles. The summed E-state index contributed by atoms with van der Waals surface area (Å²) in [5, 5.41) is 10.1. The van der Waals surface area contributed by atoms with Crippen LogP contribution in [0.25, 0.3) is 22.6 Å². The summed E-state index contributed by atoms with van der Waals surface area (Å²) < 4.78 is 51.6. The fourth-order valence-electron chi connectivity index (χ4n) is 3.53. The summed E-state index contributed by atoms with van der Waals surface area (Å²) in [6.45, 7) is 1.30. The number of aryl methyl sites for hydroxylation is 1. The molecule has 0 saturated heterocycles. The first-order chi connectivity index (χ1) is 16.4. The normalized spacial score (nSPS) is 12.7. The molecule has 1 unspecified atom stereocenters. The lowest BCUT2D eigenvalue weighted by Crippen LogP contribution is -2.33. The molecule has 35 heavy (non-hydrogen) atoms. The quantitative estimate of drug-likeness (QED) is 0.408. The Kier molecular flexibility index (Phi) is 6.34. The second-order valence-electron chi connectivity index (χ2n) is 7.65. The van der Waals surface area contributed by atoms with Crippen molar-refractivity contribution in [1.82, 2.24) is 19.1 Å². The van der Waals surface area contributed by atoms with Gasteiger partial charge in [-0.05, 0) is 43.3 Å². The third-order valence-electron chi connectivity index (χ3n) is 4.91. The van der Waals surface area contributed by atoms with E-state index in [4.69, 9.17) is 16.3 Å². The maximum atomic E-state index is 13.1. The Hall–Kier alpha value is -3.77. The molecule has 0 radical (unpaired) electrons. The average Bonchev–Trinajstić information content (AvgIpc) is 3.09. The number of alkyl halides is 3. The fraction of sp³-hybridized carbons (Fsp3) is 0.227. The van der Waals surface area contributed by atoms with E-state index < -0.39 is 29.5 Å². The van der Waals surface area contributed by atoms with Crippen LogP contribution in [0.5, 0.6) is 17.2 Å². The summed E-state index contributed by atoms with van der Waals surface area (Å²) in [5.41, 5.74) is -1.40. The molecule has 0 spiro atoms. The third-order valence-corrected chi connectivity index (χ3v) is 5.15. The fourth-order valence-corrected chi connectivity index (χ4v) is 3.71. The zero-order valence-electron chi connectivity index (χ0n) is 18.3. The van der Waals surface area contributed by atoms with E-state index >= 15 is 0 Å². The Labute approximate surface area is 199 Å². The van der Waals surface area contributed by atoms with Crippen LogP contribution >= 0.6 is 11.6 Å². The number of ether oxygens (including phenoxy) is 2. The molecule has 2 heterocycles. The molecule has 0 bridgehead atoms. The number of rotatable bonds is 6. The van der Waals surface area contributed by atoms with Gasteiger partial charge in [0, 0.05) is 17.6 Å². The van der Waals surface area contributed by atoms with Crippen molar-refractivity contribution < 1.29 is 27.8 Å². The second kappa shape index (κ2) is 9.12. The van der Waals surface area contributed by atoms with Gasteiger partial charge in [0.1, 0.15) is 11.6 Å². The molecule has 1 atom stereocenters. The minimum Gasteiger partial charge on any atom is -0.453 e. The van der Waals surface area contributed by atoms with Crippen LogP contribution in [0, 0.1) is 0 Å². The number of imidazole rings is 1. The van der Waals surface area contributed by atoms with Crippen molar-refractivity contribution in [3.8, 4) is 28.6 Å². The first-order valence-corrected chi connectivity index (χ1v) is 10.5. The van der Waals surface area contributed by atoms with Gasteiger partial charge >= 0.3 is 12.1 Å². The zero-order valence-corrected chi connectivity index (χ0v) is 19.0. The minimum absolute atomic E-state index is 0.00204. The Balaban J connectivity index is 1.86. The van der Waals surface area contributed by atoms with E-state index in [9.17, 15) is 27.9 Å². The van der Waals surface area contributed by atoms with Gasteiger partial charge in [0.15, 0.2) is 22.7 Å². The molecule has 2 N–H and O–H groups in total. The Morgan fingerprint density at radius 1 is 1.17 bits per heavy atom. The highest BCUT2D eigenvalue weighted by Crippen LogP contribution is 2.39. The van der Waals surface area contributed by atoms with Crippen LogP contribution in [0.3, 0.4) is 0 Å². The van der Waals surface area contributed by atoms with E-state index in [2.05, 4.69) is 14.7 Å². The highest BCUT2D eigenvalue weighted by molar-refractivity contribution is 6.30. The largest absolute Gasteiger partial charge is 0.573 e. The monoisotopic (exact) mass is 510 g/mol. The molecule has 4 aromatic rings. The number of aromatic amines is 1. The number of H-pyrrole nitrogens is 1. The highest BCUT2D eigenvalue weighted by atomic mass is 35.5. The summed E-state index contributed by atoms with van der Waals surface area (Å²) in [6, 6.07) is 9.82. The second-order valence-corrected chi connectivity index (χ2v) is 8.09. The smallest absolute Gasteiger partial charge is 0.453 e. The lowest BCUT2D eigenvalue weighted by atomic mass is 10.2. The molecule has 2 aromatic carbocycles. The van der Waals surface area contributed by atoms with Crippen molar-refractivity contribution in [2.24, 2.45) is 7.05 Å². The molecule has 184 valence electrons. The van der Waals surface area contributed by atoms with E-state index in [1.54, 1.807) is 12.1 Å². The number of halogens is 4. The lowest BCUT2D eigenvalue weighted by Gasteiger charge is -2.15. The standard InChI is InChI=1S/C22H18ClF3N4O5/c1-11(31)10-30-19-17(20(32)28-21(30)33)29(2)18(27-19)12-6-7-15(16(8-12)35-22(24,25)26)34-14-5-3-4-13(23)9-14/h3-9,11,31H,10H2,1-2H3,(H,28,32,33). The summed E-state index contributed by atoms with van der Waals surface area (Å²) >= 11 is 5.92. The Morgan fingerprint density at radius 3 is 2.57 bits per heavy atom. The van der Waals surface area contributed by atoms with Gasteiger partial charge < -0.3 is 19.1 Å². The van der Waals surface area contributed by atoms with Crippen molar-refractivity contribution in [2.45, 2.75) is 25.9 Å². The Morgan fingerprint density at radius 2 is 1.91 bits per heavy atom. The predicted octanol–water partition coefficient (Wildman–Crippen LogP) is 3.82. The third kappa shape index (κ3) is 5.17. The minimum atomic E-state index is -5.02. The van der Waals surface area contributed by atoms with Crippen LogP contribution in [0.2, 0.25) is 5.02 Å². The van der Waals surface area contributed by atoms with Gasteiger partial charge in [0.05, 0.1) is 12.6 Å². The number of aromatic nitrogens is 4. The van der Waals surface area contributed by atoms with Gasteiger partial charge in [-0.1, -0.05) is 17.7 Å². The number of fused-ring (bicyclic) bond motifs is 1.